The molecular formula is C13H19NO3. The highest BCUT2D eigenvalue weighted by Gasteiger charge is 2.21. The zero-order chi connectivity index (χ0) is 12.3. The molecule has 1 atom stereocenters. The number of aromatic carboxylic acids is 1. The summed E-state index contributed by atoms with van der Waals surface area (Å²) in [4.78, 5) is 13.1. The molecule has 0 saturated carbocycles. The second kappa shape index (κ2) is 5.36. The summed E-state index contributed by atoms with van der Waals surface area (Å²) in [6.07, 6.45) is 5.02. The first-order valence-electron chi connectivity index (χ1n) is 6.25. The van der Waals surface area contributed by atoms with E-state index in [9.17, 15) is 4.79 Å². The zero-order valence-electron chi connectivity index (χ0n) is 10.2. The quantitative estimate of drug-likeness (QED) is 0.878. The summed E-state index contributed by atoms with van der Waals surface area (Å²) in [6, 6.07) is 3.48. The molecule has 0 amide bonds. The van der Waals surface area contributed by atoms with E-state index in [0.717, 1.165) is 18.8 Å². The normalized spacial score (nSPS) is 19.8. The maximum Gasteiger partial charge on any atom is 0.371 e. The van der Waals surface area contributed by atoms with Gasteiger partial charge in [0.15, 0.2) is 0 Å². The van der Waals surface area contributed by atoms with E-state index >= 15 is 0 Å². The van der Waals surface area contributed by atoms with Crippen molar-refractivity contribution in [1.29, 1.82) is 0 Å². The Balaban J connectivity index is 2.06. The molecule has 4 nitrogen and oxygen atoms in total. The van der Waals surface area contributed by atoms with Crippen LogP contribution in [0.15, 0.2) is 16.5 Å². The van der Waals surface area contributed by atoms with E-state index in [2.05, 4.69) is 11.8 Å². The molecule has 0 aromatic carbocycles. The first-order chi connectivity index (χ1) is 8.18. The number of furan rings is 1. The summed E-state index contributed by atoms with van der Waals surface area (Å²) in [5.41, 5.74) is 0. The van der Waals surface area contributed by atoms with Crippen molar-refractivity contribution in [3.8, 4) is 0 Å². The summed E-state index contributed by atoms with van der Waals surface area (Å²) in [5, 5.41) is 8.83. The monoisotopic (exact) mass is 237 g/mol. The lowest BCUT2D eigenvalue weighted by Crippen LogP contribution is -2.27. The highest BCUT2D eigenvalue weighted by Crippen LogP contribution is 2.25. The van der Waals surface area contributed by atoms with Gasteiger partial charge in [0.05, 0.1) is 6.04 Å². The minimum atomic E-state index is -1.00. The highest BCUT2D eigenvalue weighted by molar-refractivity contribution is 5.84. The molecule has 2 rings (SSSR count). The van der Waals surface area contributed by atoms with Gasteiger partial charge in [0, 0.05) is 0 Å². The lowest BCUT2D eigenvalue weighted by atomic mass is 10.2. The van der Waals surface area contributed by atoms with Crippen LogP contribution in [-0.2, 0) is 0 Å². The number of carboxylic acids is 1. The van der Waals surface area contributed by atoms with E-state index in [-0.39, 0.29) is 11.8 Å². The molecule has 1 N–H and O–H groups in total. The fraction of sp³-hybridized carbons (Fsp3) is 0.615. The molecule has 1 unspecified atom stereocenters. The molecule has 1 fully saturated rings. The van der Waals surface area contributed by atoms with Gasteiger partial charge in [0.2, 0.25) is 5.76 Å². The maximum absolute atomic E-state index is 10.8. The molecule has 1 saturated heterocycles. The van der Waals surface area contributed by atoms with Crippen LogP contribution in [0.4, 0.5) is 0 Å². The summed E-state index contributed by atoms with van der Waals surface area (Å²) >= 11 is 0. The molecule has 1 aromatic heterocycles. The number of carboxylic acid groups (broad SMARTS) is 1. The van der Waals surface area contributed by atoms with Crippen LogP contribution in [0.3, 0.4) is 0 Å². The minimum absolute atomic E-state index is 0.0293. The second-order valence-electron chi connectivity index (χ2n) is 4.63. The van der Waals surface area contributed by atoms with Gasteiger partial charge in [-0.3, -0.25) is 4.90 Å². The van der Waals surface area contributed by atoms with Crippen LogP contribution in [0.25, 0.3) is 0 Å². The summed E-state index contributed by atoms with van der Waals surface area (Å²) in [6.45, 7) is 4.23. The van der Waals surface area contributed by atoms with Crippen LogP contribution in [-0.4, -0.2) is 29.1 Å². The molecule has 17 heavy (non-hydrogen) atoms. The average Bonchev–Trinajstić information content (AvgIpc) is 2.65. The van der Waals surface area contributed by atoms with Gasteiger partial charge >= 0.3 is 5.97 Å². The first kappa shape index (κ1) is 12.2. The van der Waals surface area contributed by atoms with E-state index in [0.29, 0.717) is 0 Å². The predicted octanol–water partition coefficient (Wildman–Crippen LogP) is 2.91. The second-order valence-corrected chi connectivity index (χ2v) is 4.63. The molecule has 94 valence electrons. The van der Waals surface area contributed by atoms with Gasteiger partial charge in [-0.05, 0) is 45.0 Å². The number of rotatable bonds is 3. The van der Waals surface area contributed by atoms with Crippen LogP contribution in [0.5, 0.6) is 0 Å². The van der Waals surface area contributed by atoms with E-state index in [1.54, 1.807) is 6.07 Å². The molecule has 2 heterocycles. The SMILES string of the molecule is CC(c1ccc(C(=O)O)o1)N1CCCCCC1. The fourth-order valence-corrected chi connectivity index (χ4v) is 2.35. The van der Waals surface area contributed by atoms with Crippen molar-refractivity contribution in [2.75, 3.05) is 13.1 Å². The molecule has 0 aliphatic carbocycles. The first-order valence-corrected chi connectivity index (χ1v) is 6.25. The summed E-state index contributed by atoms with van der Waals surface area (Å²) in [7, 11) is 0. The summed E-state index contributed by atoms with van der Waals surface area (Å²) in [5.74, 6) is -0.217. The van der Waals surface area contributed by atoms with Crippen LogP contribution >= 0.6 is 0 Å². The van der Waals surface area contributed by atoms with Gasteiger partial charge in [-0.2, -0.15) is 0 Å². The number of hydrogen-bond donors (Lipinski definition) is 1. The Morgan fingerprint density at radius 2 is 1.94 bits per heavy atom. The molecule has 0 spiro atoms. The number of hydrogen-bond acceptors (Lipinski definition) is 3. The van der Waals surface area contributed by atoms with Crippen LogP contribution in [0, 0.1) is 0 Å². The topological polar surface area (TPSA) is 53.7 Å². The fourth-order valence-electron chi connectivity index (χ4n) is 2.35. The smallest absolute Gasteiger partial charge is 0.371 e. The van der Waals surface area contributed by atoms with Gasteiger partial charge < -0.3 is 9.52 Å². The number of nitrogens with zero attached hydrogens (tertiary/aromatic N) is 1. The maximum atomic E-state index is 10.8. The molecule has 1 aromatic rings. The molecule has 0 radical (unpaired) electrons. The van der Waals surface area contributed by atoms with Gasteiger partial charge in [0.1, 0.15) is 5.76 Å². The standard InChI is InChI=1S/C13H19NO3/c1-10(14-8-4-2-3-5-9-14)11-6-7-12(17-11)13(15)16/h6-7,10H,2-5,8-9H2,1H3,(H,15,16). The van der Waals surface area contributed by atoms with Gasteiger partial charge in [0.25, 0.3) is 0 Å². The third kappa shape index (κ3) is 2.88. The van der Waals surface area contributed by atoms with Gasteiger partial charge in [-0.1, -0.05) is 12.8 Å². The van der Waals surface area contributed by atoms with E-state index in [1.807, 2.05) is 0 Å². The lowest BCUT2D eigenvalue weighted by Gasteiger charge is -2.25. The Bertz CT molecular complexity index is 378. The van der Waals surface area contributed by atoms with E-state index in [4.69, 9.17) is 9.52 Å². The van der Waals surface area contributed by atoms with Crippen molar-refractivity contribution >= 4 is 5.97 Å². The van der Waals surface area contributed by atoms with Crippen molar-refractivity contribution in [3.63, 3.8) is 0 Å². The van der Waals surface area contributed by atoms with E-state index < -0.39 is 5.97 Å². The molecular weight excluding hydrogens is 218 g/mol. The minimum Gasteiger partial charge on any atom is -0.475 e. The van der Waals surface area contributed by atoms with Gasteiger partial charge in [-0.25, -0.2) is 4.79 Å². The summed E-state index contributed by atoms with van der Waals surface area (Å²) < 4.78 is 5.36. The van der Waals surface area contributed by atoms with Crippen LogP contribution < -0.4 is 0 Å². The Labute approximate surface area is 101 Å². The third-order valence-corrected chi connectivity index (χ3v) is 3.44. The van der Waals surface area contributed by atoms with Crippen molar-refractivity contribution in [1.82, 2.24) is 4.90 Å². The Morgan fingerprint density at radius 3 is 2.47 bits per heavy atom. The predicted molar refractivity (Wildman–Crippen MR) is 64.1 cm³/mol. The van der Waals surface area contributed by atoms with Crippen molar-refractivity contribution in [2.45, 2.75) is 38.6 Å². The average molecular weight is 237 g/mol. The lowest BCUT2D eigenvalue weighted by molar-refractivity contribution is 0.0656. The molecule has 4 heteroatoms. The molecule has 1 aliphatic heterocycles. The largest absolute Gasteiger partial charge is 0.475 e. The van der Waals surface area contributed by atoms with Crippen LogP contribution in [0.1, 0.15) is 55.0 Å². The van der Waals surface area contributed by atoms with Crippen molar-refractivity contribution < 1.29 is 14.3 Å². The zero-order valence-corrected chi connectivity index (χ0v) is 10.2. The third-order valence-electron chi connectivity index (χ3n) is 3.44. The number of likely N-dealkylation sites (tertiary alicyclic amines) is 1. The van der Waals surface area contributed by atoms with Crippen LogP contribution in [0.2, 0.25) is 0 Å². The van der Waals surface area contributed by atoms with Gasteiger partial charge in [-0.15, -0.1) is 0 Å². The number of carbonyl (C=O) groups is 1. The molecule has 1 aliphatic rings. The van der Waals surface area contributed by atoms with E-state index in [1.165, 1.54) is 31.7 Å². The Kier molecular flexibility index (Phi) is 3.84. The Morgan fingerprint density at radius 1 is 1.29 bits per heavy atom. The Hall–Kier alpha value is -1.29. The highest BCUT2D eigenvalue weighted by atomic mass is 16.4. The van der Waals surface area contributed by atoms with Crippen molar-refractivity contribution in [3.05, 3.63) is 23.7 Å². The van der Waals surface area contributed by atoms with Crippen molar-refractivity contribution in [2.24, 2.45) is 0 Å². The molecule has 0 bridgehead atoms.